The molecule has 2 unspecified atom stereocenters. The Morgan fingerprint density at radius 1 is 1.23 bits per heavy atom. The Bertz CT molecular complexity index is 1100. The zero-order valence-electron chi connectivity index (χ0n) is 17.8. The SMILES string of the molecule is CCc1ccc2[nH]c(=O)c(C(c3nnnn3CC3CCCO3)N3CCOCC3)cc2c1. The summed E-state index contributed by atoms with van der Waals surface area (Å²) in [7, 11) is 0. The zero-order valence-corrected chi connectivity index (χ0v) is 17.8. The van der Waals surface area contributed by atoms with Crippen molar-refractivity contribution in [1.82, 2.24) is 30.1 Å². The van der Waals surface area contributed by atoms with Crippen LogP contribution >= 0.6 is 0 Å². The van der Waals surface area contributed by atoms with Gasteiger partial charge in [-0.05, 0) is 58.8 Å². The number of rotatable bonds is 6. The molecule has 0 aliphatic carbocycles. The first-order valence-electron chi connectivity index (χ1n) is 11.1. The molecule has 2 aliphatic rings. The van der Waals surface area contributed by atoms with E-state index in [9.17, 15) is 4.79 Å². The number of benzene rings is 1. The van der Waals surface area contributed by atoms with Crippen molar-refractivity contribution in [3.8, 4) is 0 Å². The lowest BCUT2D eigenvalue weighted by molar-refractivity contribution is 0.0205. The number of tetrazole rings is 1. The molecular formula is C22H28N6O3. The molecule has 5 rings (SSSR count). The van der Waals surface area contributed by atoms with Crippen molar-refractivity contribution in [3.63, 3.8) is 0 Å². The van der Waals surface area contributed by atoms with Crippen LogP contribution in [0.15, 0.2) is 29.1 Å². The minimum atomic E-state index is -0.348. The highest BCUT2D eigenvalue weighted by Crippen LogP contribution is 2.28. The monoisotopic (exact) mass is 424 g/mol. The van der Waals surface area contributed by atoms with Gasteiger partial charge in [-0.15, -0.1) is 5.10 Å². The second-order valence-electron chi connectivity index (χ2n) is 8.23. The molecule has 164 valence electrons. The summed E-state index contributed by atoms with van der Waals surface area (Å²) in [4.78, 5) is 18.5. The Labute approximate surface area is 180 Å². The highest BCUT2D eigenvalue weighted by Gasteiger charge is 2.32. The summed E-state index contributed by atoms with van der Waals surface area (Å²) in [6.07, 6.45) is 3.10. The second kappa shape index (κ2) is 8.86. The number of aromatic nitrogens is 5. The van der Waals surface area contributed by atoms with Crippen LogP contribution < -0.4 is 5.56 Å². The van der Waals surface area contributed by atoms with Crippen LogP contribution in [-0.4, -0.2) is 69.1 Å². The molecule has 31 heavy (non-hydrogen) atoms. The quantitative estimate of drug-likeness (QED) is 0.643. The molecule has 0 radical (unpaired) electrons. The van der Waals surface area contributed by atoms with Gasteiger partial charge in [0.05, 0.1) is 25.9 Å². The predicted molar refractivity (Wildman–Crippen MR) is 115 cm³/mol. The Kier molecular flexibility index (Phi) is 5.80. The molecule has 2 atom stereocenters. The molecule has 1 aromatic carbocycles. The molecule has 3 aromatic rings. The van der Waals surface area contributed by atoms with Crippen molar-refractivity contribution < 1.29 is 9.47 Å². The van der Waals surface area contributed by atoms with Gasteiger partial charge in [0.15, 0.2) is 5.82 Å². The Morgan fingerprint density at radius 3 is 2.87 bits per heavy atom. The molecule has 1 N–H and O–H groups in total. The molecular weight excluding hydrogens is 396 g/mol. The molecule has 2 saturated heterocycles. The van der Waals surface area contributed by atoms with Crippen molar-refractivity contribution >= 4 is 10.9 Å². The molecule has 0 bridgehead atoms. The fourth-order valence-electron chi connectivity index (χ4n) is 4.55. The highest BCUT2D eigenvalue weighted by atomic mass is 16.5. The number of aryl methyl sites for hydroxylation is 1. The van der Waals surface area contributed by atoms with Crippen LogP contribution in [0, 0.1) is 0 Å². The molecule has 0 amide bonds. The van der Waals surface area contributed by atoms with Crippen molar-refractivity contribution in [2.75, 3.05) is 32.9 Å². The van der Waals surface area contributed by atoms with Crippen LogP contribution in [0.2, 0.25) is 0 Å². The van der Waals surface area contributed by atoms with E-state index in [1.54, 1.807) is 0 Å². The average molecular weight is 425 g/mol. The van der Waals surface area contributed by atoms with E-state index < -0.39 is 0 Å². The minimum Gasteiger partial charge on any atom is -0.379 e. The summed E-state index contributed by atoms with van der Waals surface area (Å²) in [6, 6.07) is 7.82. The number of nitrogens with zero attached hydrogens (tertiary/aromatic N) is 5. The number of morpholine rings is 1. The lowest BCUT2D eigenvalue weighted by Crippen LogP contribution is -2.42. The van der Waals surface area contributed by atoms with Crippen molar-refractivity contribution in [3.05, 3.63) is 51.6 Å². The van der Waals surface area contributed by atoms with Gasteiger partial charge in [-0.1, -0.05) is 13.0 Å². The molecule has 0 spiro atoms. The van der Waals surface area contributed by atoms with E-state index in [0.717, 1.165) is 36.8 Å². The van der Waals surface area contributed by atoms with Crippen LogP contribution in [0.1, 0.15) is 42.8 Å². The number of H-pyrrole nitrogens is 1. The van der Waals surface area contributed by atoms with Crippen LogP contribution in [0.3, 0.4) is 0 Å². The van der Waals surface area contributed by atoms with Gasteiger partial charge in [-0.2, -0.15) is 0 Å². The van der Waals surface area contributed by atoms with Gasteiger partial charge < -0.3 is 14.5 Å². The van der Waals surface area contributed by atoms with Gasteiger partial charge >= 0.3 is 0 Å². The number of pyridine rings is 1. The topological polar surface area (TPSA) is 98.2 Å². The summed E-state index contributed by atoms with van der Waals surface area (Å²) >= 11 is 0. The van der Waals surface area contributed by atoms with E-state index in [0.29, 0.717) is 44.2 Å². The van der Waals surface area contributed by atoms with Crippen LogP contribution in [0.4, 0.5) is 0 Å². The third-order valence-corrected chi connectivity index (χ3v) is 6.26. The van der Waals surface area contributed by atoms with Gasteiger partial charge in [0.2, 0.25) is 0 Å². The van der Waals surface area contributed by atoms with E-state index in [2.05, 4.69) is 44.5 Å². The van der Waals surface area contributed by atoms with Gasteiger partial charge in [0, 0.05) is 30.8 Å². The Morgan fingerprint density at radius 2 is 2.10 bits per heavy atom. The molecule has 2 fully saturated rings. The maximum Gasteiger partial charge on any atom is 0.253 e. The number of aromatic amines is 1. The maximum atomic E-state index is 13.2. The molecule has 2 aliphatic heterocycles. The van der Waals surface area contributed by atoms with E-state index in [1.807, 2.05) is 16.8 Å². The third-order valence-electron chi connectivity index (χ3n) is 6.26. The highest BCUT2D eigenvalue weighted by molar-refractivity contribution is 5.80. The largest absolute Gasteiger partial charge is 0.379 e. The van der Waals surface area contributed by atoms with E-state index in [1.165, 1.54) is 5.56 Å². The molecule has 0 saturated carbocycles. The molecule has 9 heteroatoms. The summed E-state index contributed by atoms with van der Waals surface area (Å²) in [5.41, 5.74) is 2.62. The smallest absolute Gasteiger partial charge is 0.253 e. The van der Waals surface area contributed by atoms with E-state index in [-0.39, 0.29) is 17.7 Å². The fraction of sp³-hybridized carbons (Fsp3) is 0.545. The van der Waals surface area contributed by atoms with Crippen molar-refractivity contribution in [2.45, 2.75) is 44.9 Å². The van der Waals surface area contributed by atoms with Gasteiger partial charge in [0.25, 0.3) is 5.56 Å². The van der Waals surface area contributed by atoms with E-state index >= 15 is 0 Å². The second-order valence-corrected chi connectivity index (χ2v) is 8.23. The van der Waals surface area contributed by atoms with Crippen molar-refractivity contribution in [1.29, 1.82) is 0 Å². The predicted octanol–water partition coefficient (Wildman–Crippen LogP) is 1.68. The number of fused-ring (bicyclic) bond motifs is 1. The summed E-state index contributed by atoms with van der Waals surface area (Å²) in [5.74, 6) is 0.675. The Balaban J connectivity index is 1.59. The standard InChI is InChI=1S/C22H28N6O3/c1-2-15-5-6-19-16(12-15)13-18(22(29)23-19)20(27-7-10-30-11-8-27)21-24-25-26-28(21)14-17-4-3-9-31-17/h5-6,12-13,17,20H,2-4,7-11,14H2,1H3,(H,23,29). The van der Waals surface area contributed by atoms with Crippen LogP contribution in [-0.2, 0) is 22.4 Å². The number of ether oxygens (including phenoxy) is 2. The fourth-order valence-corrected chi connectivity index (χ4v) is 4.55. The molecule has 9 nitrogen and oxygen atoms in total. The van der Waals surface area contributed by atoms with Crippen LogP contribution in [0.25, 0.3) is 10.9 Å². The first kappa shape index (κ1) is 20.3. The first-order valence-corrected chi connectivity index (χ1v) is 11.1. The number of hydrogen-bond donors (Lipinski definition) is 1. The van der Waals surface area contributed by atoms with Gasteiger partial charge in [0.1, 0.15) is 6.04 Å². The van der Waals surface area contributed by atoms with Crippen molar-refractivity contribution in [2.24, 2.45) is 0 Å². The lowest BCUT2D eigenvalue weighted by Gasteiger charge is -2.33. The van der Waals surface area contributed by atoms with E-state index in [4.69, 9.17) is 9.47 Å². The van der Waals surface area contributed by atoms with Gasteiger partial charge in [-0.3, -0.25) is 9.69 Å². The van der Waals surface area contributed by atoms with Gasteiger partial charge in [-0.25, -0.2) is 4.68 Å². The summed E-state index contributed by atoms with van der Waals surface area (Å²) in [6.45, 7) is 6.16. The average Bonchev–Trinajstić information content (AvgIpc) is 3.48. The zero-order chi connectivity index (χ0) is 21.2. The lowest BCUT2D eigenvalue weighted by atomic mass is 10.0. The van der Waals surface area contributed by atoms with Crippen LogP contribution in [0.5, 0.6) is 0 Å². The first-order chi connectivity index (χ1) is 15.2. The number of hydrogen-bond acceptors (Lipinski definition) is 7. The number of nitrogens with one attached hydrogen (secondary N) is 1. The third kappa shape index (κ3) is 4.13. The summed E-state index contributed by atoms with van der Waals surface area (Å²) < 4.78 is 13.2. The minimum absolute atomic E-state index is 0.106. The maximum absolute atomic E-state index is 13.2. The molecule has 2 aromatic heterocycles. The normalized spacial score (nSPS) is 21.0. The molecule has 4 heterocycles. The Hall–Kier alpha value is -2.62. The summed E-state index contributed by atoms with van der Waals surface area (Å²) in [5, 5.41) is 13.6.